The highest BCUT2D eigenvalue weighted by Crippen LogP contribution is 2.05. The molecule has 1 rings (SSSR count). The van der Waals surface area contributed by atoms with Crippen LogP contribution in [0.1, 0.15) is 51.0 Å². The van der Waals surface area contributed by atoms with Gasteiger partial charge in [0, 0.05) is 19.8 Å². The summed E-state index contributed by atoms with van der Waals surface area (Å²) < 4.78 is 5.74. The summed E-state index contributed by atoms with van der Waals surface area (Å²) in [7, 11) is 0. The van der Waals surface area contributed by atoms with Crippen LogP contribution in [-0.2, 0) is 11.2 Å². The Bertz CT molecular complexity index is 504. The van der Waals surface area contributed by atoms with E-state index in [0.717, 1.165) is 39.1 Å². The van der Waals surface area contributed by atoms with Crippen molar-refractivity contribution in [3.8, 4) is 0 Å². The van der Waals surface area contributed by atoms with Gasteiger partial charge in [0.2, 0.25) is 0 Å². The average Bonchev–Trinajstić information content (AvgIpc) is 2.68. The highest BCUT2D eigenvalue weighted by atomic mass is 16.5. The summed E-state index contributed by atoms with van der Waals surface area (Å²) in [4.78, 5) is 0. The maximum atomic E-state index is 5.74. The number of unbranched alkanes of at least 4 members (excludes halogenated alkanes) is 4. The fourth-order valence-corrected chi connectivity index (χ4v) is 2.74. The molecular weight excluding hydrogens is 318 g/mol. The monoisotopic (exact) mass is 355 g/mol. The predicted molar refractivity (Wildman–Crippen MR) is 115 cm³/mol. The first kappa shape index (κ1) is 22.4. The number of aryl methyl sites for hydroxylation is 1. The molecule has 0 aromatic heterocycles. The van der Waals surface area contributed by atoms with E-state index in [4.69, 9.17) is 4.74 Å². The number of hydrogen-bond acceptors (Lipinski definition) is 2. The molecule has 0 aliphatic rings. The van der Waals surface area contributed by atoms with Gasteiger partial charge in [-0.15, -0.1) is 0 Å². The lowest BCUT2D eigenvalue weighted by atomic mass is 10.1. The Kier molecular flexibility index (Phi) is 14.5. The van der Waals surface area contributed by atoms with Crippen molar-refractivity contribution < 1.29 is 4.74 Å². The molecule has 26 heavy (non-hydrogen) atoms. The summed E-state index contributed by atoms with van der Waals surface area (Å²) in [6, 6.07) is 10.7. The quantitative estimate of drug-likeness (QED) is 0.296. The third-order valence-electron chi connectivity index (χ3n) is 4.33. The lowest BCUT2D eigenvalue weighted by Crippen LogP contribution is -2.17. The maximum absolute atomic E-state index is 5.74. The molecule has 0 amide bonds. The van der Waals surface area contributed by atoms with Crippen molar-refractivity contribution >= 4 is 0 Å². The van der Waals surface area contributed by atoms with Crippen LogP contribution in [-0.4, -0.2) is 26.3 Å². The van der Waals surface area contributed by atoms with Crippen LogP contribution in [0.3, 0.4) is 0 Å². The number of nitrogens with one attached hydrogen (secondary N) is 1. The molecule has 0 heterocycles. The molecule has 2 nitrogen and oxygen atoms in total. The van der Waals surface area contributed by atoms with Gasteiger partial charge < -0.3 is 10.1 Å². The second-order valence-electron chi connectivity index (χ2n) is 6.62. The van der Waals surface area contributed by atoms with Gasteiger partial charge in [-0.25, -0.2) is 0 Å². The summed E-state index contributed by atoms with van der Waals surface area (Å²) in [6.45, 7) is 9.66. The minimum absolute atomic E-state index is 0.900. The first-order chi connectivity index (χ1) is 12.9. The molecule has 0 saturated heterocycles. The van der Waals surface area contributed by atoms with Gasteiger partial charge in [0.25, 0.3) is 0 Å². The number of hydrogen-bond donors (Lipinski definition) is 1. The van der Waals surface area contributed by atoms with Gasteiger partial charge in [-0.3, -0.25) is 0 Å². The van der Waals surface area contributed by atoms with E-state index in [1.165, 1.54) is 43.2 Å². The lowest BCUT2D eigenvalue weighted by molar-refractivity contribution is 0.126. The zero-order valence-electron chi connectivity index (χ0n) is 16.6. The molecule has 1 aromatic carbocycles. The zero-order valence-corrected chi connectivity index (χ0v) is 16.6. The van der Waals surface area contributed by atoms with Crippen LogP contribution in [0.2, 0.25) is 0 Å². The Morgan fingerprint density at radius 2 is 1.73 bits per heavy atom. The van der Waals surface area contributed by atoms with E-state index in [0.29, 0.717) is 0 Å². The Labute approximate surface area is 161 Å². The van der Waals surface area contributed by atoms with Crippen LogP contribution in [0, 0.1) is 0 Å². The van der Waals surface area contributed by atoms with Crippen LogP contribution >= 0.6 is 0 Å². The third kappa shape index (κ3) is 12.7. The second-order valence-corrected chi connectivity index (χ2v) is 6.62. The Morgan fingerprint density at radius 3 is 2.46 bits per heavy atom. The van der Waals surface area contributed by atoms with Crippen molar-refractivity contribution in [3.05, 3.63) is 72.4 Å². The molecule has 0 spiro atoms. The van der Waals surface area contributed by atoms with Crippen molar-refractivity contribution in [1.82, 2.24) is 5.32 Å². The van der Waals surface area contributed by atoms with E-state index in [2.05, 4.69) is 54.4 Å². The van der Waals surface area contributed by atoms with Gasteiger partial charge >= 0.3 is 0 Å². The second kappa shape index (κ2) is 16.8. The summed E-state index contributed by atoms with van der Waals surface area (Å²) in [5, 5.41) is 3.48. The van der Waals surface area contributed by atoms with E-state index in [9.17, 15) is 0 Å². The number of benzene rings is 1. The normalized spacial score (nSPS) is 12.0. The van der Waals surface area contributed by atoms with E-state index < -0.39 is 0 Å². The van der Waals surface area contributed by atoms with Crippen LogP contribution in [0.15, 0.2) is 66.8 Å². The van der Waals surface area contributed by atoms with E-state index in [1.807, 2.05) is 19.1 Å². The van der Waals surface area contributed by atoms with Gasteiger partial charge in [-0.2, -0.15) is 0 Å². The minimum atomic E-state index is 0.900. The fraction of sp³-hybridized carbons (Fsp3) is 0.500. The molecule has 0 aliphatic carbocycles. The van der Waals surface area contributed by atoms with Crippen molar-refractivity contribution in [2.75, 3.05) is 26.3 Å². The molecule has 0 saturated carbocycles. The van der Waals surface area contributed by atoms with E-state index in [1.54, 1.807) is 0 Å². The van der Waals surface area contributed by atoms with E-state index >= 15 is 0 Å². The summed E-state index contributed by atoms with van der Waals surface area (Å²) >= 11 is 0. The Morgan fingerprint density at radius 1 is 1.00 bits per heavy atom. The molecule has 1 aromatic rings. The van der Waals surface area contributed by atoms with Crippen molar-refractivity contribution in [3.63, 3.8) is 0 Å². The summed E-state index contributed by atoms with van der Waals surface area (Å²) in [5.41, 5.74) is 2.67. The fourth-order valence-electron chi connectivity index (χ4n) is 2.74. The largest absolute Gasteiger partial charge is 0.381 e. The summed E-state index contributed by atoms with van der Waals surface area (Å²) in [6.07, 6.45) is 16.6. The molecule has 0 bridgehead atoms. The lowest BCUT2D eigenvalue weighted by Gasteiger charge is -2.06. The van der Waals surface area contributed by atoms with Gasteiger partial charge in [0.05, 0.1) is 0 Å². The summed E-state index contributed by atoms with van der Waals surface area (Å²) in [5.74, 6) is 0. The van der Waals surface area contributed by atoms with Crippen LogP contribution < -0.4 is 5.32 Å². The van der Waals surface area contributed by atoms with Crippen molar-refractivity contribution in [1.29, 1.82) is 0 Å². The van der Waals surface area contributed by atoms with Gasteiger partial charge in [-0.1, -0.05) is 74.1 Å². The highest BCUT2D eigenvalue weighted by Gasteiger charge is 1.95. The molecule has 0 radical (unpaired) electrons. The average molecular weight is 356 g/mol. The first-order valence-corrected chi connectivity index (χ1v) is 10.1. The van der Waals surface area contributed by atoms with Crippen LogP contribution in [0.25, 0.3) is 0 Å². The zero-order chi connectivity index (χ0) is 18.7. The van der Waals surface area contributed by atoms with Crippen molar-refractivity contribution in [2.24, 2.45) is 0 Å². The van der Waals surface area contributed by atoms with Crippen LogP contribution in [0.4, 0.5) is 0 Å². The Hall–Kier alpha value is -1.64. The molecule has 144 valence electrons. The first-order valence-electron chi connectivity index (χ1n) is 10.1. The smallest absolute Gasteiger partial charge is 0.0466 e. The molecule has 1 N–H and O–H groups in total. The topological polar surface area (TPSA) is 21.3 Å². The predicted octanol–water partition coefficient (Wildman–Crippen LogP) is 5.86. The molecule has 0 unspecified atom stereocenters. The molecule has 0 atom stereocenters. The Balaban J connectivity index is 1.82. The van der Waals surface area contributed by atoms with Gasteiger partial charge in [0.1, 0.15) is 0 Å². The number of ether oxygens (including phenoxy) is 1. The molecule has 0 aliphatic heterocycles. The molecular formula is C24H37NO. The maximum Gasteiger partial charge on any atom is 0.0466 e. The number of rotatable bonds is 16. The van der Waals surface area contributed by atoms with Gasteiger partial charge in [0.15, 0.2) is 0 Å². The van der Waals surface area contributed by atoms with Crippen molar-refractivity contribution in [2.45, 2.75) is 51.9 Å². The highest BCUT2D eigenvalue weighted by molar-refractivity contribution is 5.23. The minimum Gasteiger partial charge on any atom is -0.381 e. The number of allylic oxidation sites excluding steroid dienone is 3. The molecule has 2 heteroatoms. The standard InChI is InChI=1S/C24H37NO/c1-3-5-15-23(4-2)22-25-19-12-6-7-13-20-26-21-14-11-18-24-16-9-8-10-17-24/h3-5,8-10,15-17,25H,2,6-7,11-14,18-22H2,1H3/b5-3-,23-15+. The third-order valence-corrected chi connectivity index (χ3v) is 4.33. The van der Waals surface area contributed by atoms with Crippen LogP contribution in [0.5, 0.6) is 0 Å². The molecule has 0 fully saturated rings. The van der Waals surface area contributed by atoms with E-state index in [-0.39, 0.29) is 0 Å². The SMILES string of the molecule is C=C/C(=C\C=C/C)CNCCCCCCOCCCCc1ccccc1. The van der Waals surface area contributed by atoms with Gasteiger partial charge in [-0.05, 0) is 56.7 Å².